The van der Waals surface area contributed by atoms with E-state index in [1.54, 1.807) is 0 Å². The van der Waals surface area contributed by atoms with Gasteiger partial charge in [-0.2, -0.15) is 0 Å². The van der Waals surface area contributed by atoms with Crippen LogP contribution in [0.1, 0.15) is 24.8 Å². The molecular weight excluding hydrogens is 346 g/mol. The van der Waals surface area contributed by atoms with Gasteiger partial charge in [0, 0.05) is 25.9 Å². The Morgan fingerprint density at radius 1 is 1.48 bits per heavy atom. The van der Waals surface area contributed by atoms with Gasteiger partial charge in [0.15, 0.2) is 17.2 Å². The highest BCUT2D eigenvalue weighted by Crippen LogP contribution is 2.54. The maximum absolute atomic E-state index is 14.5. The van der Waals surface area contributed by atoms with E-state index in [0.717, 1.165) is 12.0 Å². The Balaban J connectivity index is 2.21. The molecule has 0 spiro atoms. The van der Waals surface area contributed by atoms with Gasteiger partial charge < -0.3 is 10.5 Å². The van der Waals surface area contributed by atoms with E-state index in [0.29, 0.717) is 6.20 Å². The molecule has 1 fully saturated rings. The molecule has 2 atom stereocenters. The van der Waals surface area contributed by atoms with Crippen LogP contribution >= 0.6 is 0 Å². The van der Waals surface area contributed by atoms with Crippen molar-refractivity contribution in [3.05, 3.63) is 23.4 Å². The van der Waals surface area contributed by atoms with Crippen molar-refractivity contribution in [1.82, 2.24) is 4.98 Å². The minimum absolute atomic E-state index is 0.133. The summed E-state index contributed by atoms with van der Waals surface area (Å²) in [5.41, 5.74) is 2.35. The molecule has 1 aliphatic heterocycles. The van der Waals surface area contributed by atoms with Gasteiger partial charge in [0.2, 0.25) is 11.8 Å². The summed E-state index contributed by atoms with van der Waals surface area (Å²) in [5.74, 6) is -9.14. The normalized spacial score (nSPS) is 27.6. The Kier molecular flexibility index (Phi) is 3.98. The number of hydrogen-bond donors (Lipinski definition) is 1. The Morgan fingerprint density at radius 3 is 2.68 bits per heavy atom. The maximum Gasteiger partial charge on any atom is 0.266 e. The Hall–Kier alpha value is -2.23. The third-order valence-electron chi connectivity index (χ3n) is 4.76. The summed E-state index contributed by atoms with van der Waals surface area (Å²) in [4.78, 5) is 28.6. The number of nitrogens with two attached hydrogens (primary N) is 1. The number of carbonyl (C=O) groups excluding carboxylic acids is 2. The number of halogens is 4. The molecule has 0 radical (unpaired) electrons. The van der Waals surface area contributed by atoms with Crippen LogP contribution in [0.15, 0.2) is 6.20 Å². The van der Waals surface area contributed by atoms with Crippen molar-refractivity contribution in [1.29, 1.82) is 0 Å². The molecule has 1 aromatic rings. The highest BCUT2D eigenvalue weighted by atomic mass is 19.3. The molecule has 0 aromatic carbocycles. The number of primary amides is 1. The van der Waals surface area contributed by atoms with Crippen molar-refractivity contribution in [2.45, 2.75) is 30.8 Å². The van der Waals surface area contributed by atoms with Crippen molar-refractivity contribution in [3.63, 3.8) is 0 Å². The first-order chi connectivity index (χ1) is 11.6. The zero-order chi connectivity index (χ0) is 18.6. The number of carbonyl (C=O) groups is 2. The summed E-state index contributed by atoms with van der Waals surface area (Å²) < 4.78 is 60.9. The number of nitrogens with zero attached hydrogens (tertiary/aromatic N) is 2. The summed E-state index contributed by atoms with van der Waals surface area (Å²) in [5, 5.41) is 0. The minimum Gasteiger partial charge on any atom is -0.368 e. The first-order valence-electron chi connectivity index (χ1n) is 7.51. The number of aromatic nitrogens is 1. The fraction of sp³-hybridized carbons (Fsp3) is 0.533. The lowest BCUT2D eigenvalue weighted by atomic mass is 9.80. The van der Waals surface area contributed by atoms with Crippen LogP contribution in [0, 0.1) is 17.6 Å². The molecule has 2 N–H and O–H groups in total. The molecule has 10 heteroatoms. The maximum atomic E-state index is 14.5. The van der Waals surface area contributed by atoms with Crippen molar-refractivity contribution in [2.75, 3.05) is 18.6 Å². The van der Waals surface area contributed by atoms with Crippen LogP contribution in [0.2, 0.25) is 0 Å². The van der Waals surface area contributed by atoms with Crippen LogP contribution in [-0.2, 0) is 19.9 Å². The molecule has 2 amide bonds. The number of anilines is 1. The molecule has 6 nitrogen and oxygen atoms in total. The van der Waals surface area contributed by atoms with Crippen molar-refractivity contribution in [3.8, 4) is 0 Å². The van der Waals surface area contributed by atoms with Crippen LogP contribution in [0.3, 0.4) is 0 Å². The Labute approximate surface area is 139 Å². The Morgan fingerprint density at radius 2 is 2.16 bits per heavy atom. The fourth-order valence-corrected chi connectivity index (χ4v) is 3.73. The number of hydrogen-bond acceptors (Lipinski definition) is 4. The lowest BCUT2D eigenvalue weighted by Crippen LogP contribution is -2.49. The van der Waals surface area contributed by atoms with Crippen molar-refractivity contribution in [2.24, 2.45) is 11.7 Å². The molecule has 0 unspecified atom stereocenters. The van der Waals surface area contributed by atoms with Crippen molar-refractivity contribution < 1.29 is 31.9 Å². The second-order valence-corrected chi connectivity index (χ2v) is 6.21. The number of amides is 2. The molecule has 2 heterocycles. The zero-order valence-electron chi connectivity index (χ0n) is 13.2. The molecule has 2 aliphatic rings. The molecule has 25 heavy (non-hydrogen) atoms. The van der Waals surface area contributed by atoms with Gasteiger partial charge in [0.1, 0.15) is 12.4 Å². The standard InChI is InChI=1S/C15H15F4N3O3/c1-25-15(7-2-3-14(18,19)4-7)10-11(17)8(16)5-21-12(10)22(13(15)24)6-9(20)23/h5,7H,2-4,6H2,1H3,(H2,20,23)/t7-,15+/m1/s1. The van der Waals surface area contributed by atoms with E-state index in [2.05, 4.69) is 4.98 Å². The van der Waals surface area contributed by atoms with Gasteiger partial charge in [-0.15, -0.1) is 0 Å². The van der Waals surface area contributed by atoms with Gasteiger partial charge in [0.05, 0.1) is 11.8 Å². The largest absolute Gasteiger partial charge is 0.368 e. The summed E-state index contributed by atoms with van der Waals surface area (Å²) in [6, 6.07) is 0. The van der Waals surface area contributed by atoms with Gasteiger partial charge in [-0.3, -0.25) is 14.5 Å². The highest BCUT2D eigenvalue weighted by molar-refractivity contribution is 6.09. The van der Waals surface area contributed by atoms with Crippen LogP contribution in [0.5, 0.6) is 0 Å². The average Bonchev–Trinajstić information content (AvgIpc) is 3.00. The number of fused-ring (bicyclic) bond motifs is 1. The van der Waals surface area contributed by atoms with Gasteiger partial charge in [0.25, 0.3) is 5.91 Å². The second kappa shape index (κ2) is 5.65. The van der Waals surface area contributed by atoms with Crippen LogP contribution in [0.4, 0.5) is 23.4 Å². The molecule has 1 aromatic heterocycles. The van der Waals surface area contributed by atoms with Crippen LogP contribution < -0.4 is 10.6 Å². The number of ether oxygens (including phenoxy) is 1. The van der Waals surface area contributed by atoms with E-state index < -0.39 is 65.8 Å². The lowest BCUT2D eigenvalue weighted by molar-refractivity contribution is -0.149. The summed E-state index contributed by atoms with van der Waals surface area (Å²) >= 11 is 0. The SMILES string of the molecule is CO[C@]1([C@@H]2CCC(F)(F)C2)C(=O)N(CC(N)=O)c2ncc(F)c(F)c21. The quantitative estimate of drug-likeness (QED) is 0.823. The van der Waals surface area contributed by atoms with Crippen LogP contribution in [-0.4, -0.2) is 36.4 Å². The van der Waals surface area contributed by atoms with E-state index >= 15 is 0 Å². The third kappa shape index (κ3) is 2.46. The van der Waals surface area contributed by atoms with Gasteiger partial charge >= 0.3 is 0 Å². The summed E-state index contributed by atoms with van der Waals surface area (Å²) in [6.07, 6.45) is -0.825. The summed E-state index contributed by atoms with van der Waals surface area (Å²) in [6.45, 7) is -0.655. The van der Waals surface area contributed by atoms with Gasteiger partial charge in [-0.1, -0.05) is 0 Å². The third-order valence-corrected chi connectivity index (χ3v) is 4.76. The molecule has 136 valence electrons. The van der Waals surface area contributed by atoms with E-state index in [9.17, 15) is 27.2 Å². The van der Waals surface area contributed by atoms with Crippen molar-refractivity contribution >= 4 is 17.6 Å². The van der Waals surface area contributed by atoms with E-state index in [4.69, 9.17) is 10.5 Å². The number of rotatable bonds is 4. The highest BCUT2D eigenvalue weighted by Gasteiger charge is 2.62. The molecule has 1 aliphatic carbocycles. The molecular formula is C15H15F4N3O3. The molecule has 0 saturated heterocycles. The van der Waals surface area contributed by atoms with E-state index in [-0.39, 0.29) is 12.2 Å². The smallest absolute Gasteiger partial charge is 0.266 e. The van der Waals surface area contributed by atoms with Gasteiger partial charge in [-0.25, -0.2) is 22.5 Å². The van der Waals surface area contributed by atoms with E-state index in [1.165, 1.54) is 0 Å². The molecule has 0 bridgehead atoms. The molecule has 1 saturated carbocycles. The minimum atomic E-state index is -3.05. The average molecular weight is 361 g/mol. The summed E-state index contributed by atoms with van der Waals surface area (Å²) in [7, 11) is 1.05. The van der Waals surface area contributed by atoms with Crippen LogP contribution in [0.25, 0.3) is 0 Å². The number of methoxy groups -OCH3 is 1. The second-order valence-electron chi connectivity index (χ2n) is 6.21. The van der Waals surface area contributed by atoms with E-state index in [1.807, 2.05) is 0 Å². The molecule has 3 rings (SSSR count). The monoisotopic (exact) mass is 361 g/mol. The topological polar surface area (TPSA) is 85.5 Å². The number of pyridine rings is 1. The Bertz CT molecular complexity index is 758. The predicted octanol–water partition coefficient (Wildman–Crippen LogP) is 1.47. The lowest BCUT2D eigenvalue weighted by Gasteiger charge is -2.32. The number of alkyl halides is 2. The first-order valence-corrected chi connectivity index (χ1v) is 7.51. The zero-order valence-corrected chi connectivity index (χ0v) is 13.2. The van der Waals surface area contributed by atoms with Gasteiger partial charge in [-0.05, 0) is 6.42 Å². The fourth-order valence-electron chi connectivity index (χ4n) is 3.73. The first kappa shape index (κ1) is 17.6. The predicted molar refractivity (Wildman–Crippen MR) is 76.7 cm³/mol.